The van der Waals surface area contributed by atoms with Crippen molar-refractivity contribution in [1.29, 1.82) is 0 Å². The number of hydrogen-bond acceptors (Lipinski definition) is 4. The van der Waals surface area contributed by atoms with Gasteiger partial charge in [-0.2, -0.15) is 13.2 Å². The third-order valence-electron chi connectivity index (χ3n) is 6.66. The zero-order valence-corrected chi connectivity index (χ0v) is 19.2. The maximum atomic E-state index is 13.1. The number of hydrogen-bond donors (Lipinski definition) is 0. The van der Waals surface area contributed by atoms with E-state index >= 15 is 0 Å². The minimum absolute atomic E-state index is 0.0392. The maximum absolute atomic E-state index is 13.1. The number of halogens is 3. The van der Waals surface area contributed by atoms with Crippen LogP contribution in [0.5, 0.6) is 0 Å². The Morgan fingerprint density at radius 3 is 2.59 bits per heavy atom. The van der Waals surface area contributed by atoms with E-state index in [-0.39, 0.29) is 31.3 Å². The van der Waals surface area contributed by atoms with Crippen molar-refractivity contribution in [2.75, 3.05) is 19.6 Å². The second-order valence-electron chi connectivity index (χ2n) is 8.99. The summed E-state index contributed by atoms with van der Waals surface area (Å²) >= 11 is 1.71. The van der Waals surface area contributed by atoms with Crippen molar-refractivity contribution in [1.82, 2.24) is 14.8 Å². The van der Waals surface area contributed by atoms with E-state index < -0.39 is 17.7 Å². The topological polar surface area (TPSA) is 53.5 Å². The molecule has 3 aromatic rings. The highest BCUT2D eigenvalue weighted by Crippen LogP contribution is 2.35. The first-order chi connectivity index (χ1) is 16.3. The van der Waals surface area contributed by atoms with E-state index in [1.807, 2.05) is 23.1 Å². The number of aromatic nitrogens is 1. The number of likely N-dealkylation sites (tertiary alicyclic amines) is 2. The van der Waals surface area contributed by atoms with Crippen molar-refractivity contribution >= 4 is 33.4 Å². The molecular weight excluding hydrogens is 463 g/mol. The molecule has 1 atom stereocenters. The van der Waals surface area contributed by atoms with E-state index in [0.29, 0.717) is 24.6 Å². The smallest absolute Gasteiger partial charge is 0.342 e. The van der Waals surface area contributed by atoms with Gasteiger partial charge in [0.25, 0.3) is 0 Å². The molecule has 1 aromatic heterocycles. The Balaban J connectivity index is 1.18. The summed E-state index contributed by atoms with van der Waals surface area (Å²) < 4.78 is 40.1. The molecule has 2 saturated heterocycles. The van der Waals surface area contributed by atoms with E-state index in [1.165, 1.54) is 15.7 Å². The van der Waals surface area contributed by atoms with E-state index in [2.05, 4.69) is 6.07 Å². The number of carbonyl (C=O) groups is 2. The van der Waals surface area contributed by atoms with Gasteiger partial charge in [0, 0.05) is 38.5 Å². The highest BCUT2D eigenvalue weighted by Gasteiger charge is 2.38. The summed E-state index contributed by atoms with van der Waals surface area (Å²) in [6.45, 7) is 1.56. The molecule has 0 saturated carbocycles. The highest BCUT2D eigenvalue weighted by molar-refractivity contribution is 7.18. The molecule has 34 heavy (non-hydrogen) atoms. The number of para-hydroxylation sites is 1. The Kier molecular flexibility index (Phi) is 6.06. The lowest BCUT2D eigenvalue weighted by atomic mass is 9.96. The van der Waals surface area contributed by atoms with Crippen LogP contribution in [0.25, 0.3) is 10.2 Å². The van der Waals surface area contributed by atoms with Crippen molar-refractivity contribution in [2.45, 2.75) is 37.9 Å². The quantitative estimate of drug-likeness (QED) is 0.516. The van der Waals surface area contributed by atoms with Crippen LogP contribution < -0.4 is 0 Å². The Morgan fingerprint density at radius 2 is 1.85 bits per heavy atom. The molecule has 2 fully saturated rings. The van der Waals surface area contributed by atoms with E-state index in [1.54, 1.807) is 17.4 Å². The van der Waals surface area contributed by atoms with E-state index in [9.17, 15) is 22.8 Å². The first-order valence-electron chi connectivity index (χ1n) is 11.4. The average molecular weight is 488 g/mol. The van der Waals surface area contributed by atoms with Gasteiger partial charge in [0.1, 0.15) is 0 Å². The van der Waals surface area contributed by atoms with Crippen LogP contribution in [-0.2, 0) is 22.3 Å². The zero-order valence-electron chi connectivity index (χ0n) is 18.4. The molecule has 0 aliphatic carbocycles. The first-order valence-corrected chi connectivity index (χ1v) is 12.2. The molecular formula is C25H24F3N3O2S. The van der Waals surface area contributed by atoms with E-state index in [0.717, 1.165) is 35.5 Å². The van der Waals surface area contributed by atoms with Crippen molar-refractivity contribution < 1.29 is 22.8 Å². The van der Waals surface area contributed by atoms with Gasteiger partial charge in [0.15, 0.2) is 0 Å². The number of rotatable bonds is 4. The second kappa shape index (κ2) is 9.02. The maximum Gasteiger partial charge on any atom is 0.416 e. The minimum Gasteiger partial charge on any atom is -0.342 e. The number of piperidine rings is 1. The molecule has 0 spiro atoms. The predicted molar refractivity (Wildman–Crippen MR) is 123 cm³/mol. The van der Waals surface area contributed by atoms with Gasteiger partial charge in [0.2, 0.25) is 11.8 Å². The lowest BCUT2D eigenvalue weighted by molar-refractivity contribution is -0.138. The summed E-state index contributed by atoms with van der Waals surface area (Å²) in [4.78, 5) is 33.7. The van der Waals surface area contributed by atoms with Crippen LogP contribution in [0.3, 0.4) is 0 Å². The Labute approximate surface area is 199 Å². The van der Waals surface area contributed by atoms with Crippen molar-refractivity contribution in [2.24, 2.45) is 5.92 Å². The molecule has 2 aliphatic rings. The number of benzene rings is 2. The number of alkyl halides is 3. The SMILES string of the molecule is O=C1CC(C(=O)N2CCC(c3nc4ccccc4s3)CC2)CN1Cc1cccc(C(F)(F)F)c1. The lowest BCUT2D eigenvalue weighted by Gasteiger charge is -2.32. The fraction of sp³-hybridized carbons (Fsp3) is 0.400. The van der Waals surface area contributed by atoms with Crippen molar-refractivity contribution in [3.8, 4) is 0 Å². The van der Waals surface area contributed by atoms with Gasteiger partial charge < -0.3 is 9.80 Å². The zero-order chi connectivity index (χ0) is 23.9. The standard InChI is InChI=1S/C25H24F3N3O2S/c26-25(27,28)19-5-3-4-16(12-19)14-31-15-18(13-22(31)32)24(33)30-10-8-17(9-11-30)23-29-20-6-1-2-7-21(20)34-23/h1-7,12,17-18H,8-11,13-15H2. The summed E-state index contributed by atoms with van der Waals surface area (Å²) in [6, 6.07) is 13.1. The first kappa shape index (κ1) is 22.8. The monoisotopic (exact) mass is 487 g/mol. The van der Waals surface area contributed by atoms with Gasteiger partial charge in [-0.3, -0.25) is 9.59 Å². The van der Waals surface area contributed by atoms with Crippen LogP contribution in [0.1, 0.15) is 41.3 Å². The number of nitrogens with zero attached hydrogens (tertiary/aromatic N) is 3. The van der Waals surface area contributed by atoms with E-state index in [4.69, 9.17) is 4.98 Å². The van der Waals surface area contributed by atoms with Crippen LogP contribution in [0.15, 0.2) is 48.5 Å². The molecule has 5 nitrogen and oxygen atoms in total. The Morgan fingerprint density at radius 1 is 1.09 bits per heavy atom. The second-order valence-corrected chi connectivity index (χ2v) is 10.1. The molecule has 3 heterocycles. The minimum atomic E-state index is -4.43. The van der Waals surface area contributed by atoms with Gasteiger partial charge in [-0.1, -0.05) is 24.3 Å². The fourth-order valence-electron chi connectivity index (χ4n) is 4.83. The molecule has 1 unspecified atom stereocenters. The van der Waals surface area contributed by atoms with Crippen molar-refractivity contribution in [3.05, 3.63) is 64.7 Å². The average Bonchev–Trinajstić information content (AvgIpc) is 3.42. The van der Waals surface area contributed by atoms with Crippen LogP contribution in [0.2, 0.25) is 0 Å². The normalized spacial score (nSPS) is 19.9. The summed E-state index contributed by atoms with van der Waals surface area (Å²) in [5.41, 5.74) is 0.680. The van der Waals surface area contributed by atoms with Gasteiger partial charge >= 0.3 is 6.18 Å². The highest BCUT2D eigenvalue weighted by atomic mass is 32.1. The number of carbonyl (C=O) groups excluding carboxylic acids is 2. The Bertz CT molecular complexity index is 1180. The van der Waals surface area contributed by atoms with Gasteiger partial charge in [-0.25, -0.2) is 4.98 Å². The van der Waals surface area contributed by atoms with Gasteiger partial charge in [-0.15, -0.1) is 11.3 Å². The van der Waals surface area contributed by atoms with Crippen LogP contribution in [0.4, 0.5) is 13.2 Å². The third-order valence-corrected chi connectivity index (χ3v) is 7.86. The predicted octanol–water partition coefficient (Wildman–Crippen LogP) is 5.07. The van der Waals surface area contributed by atoms with Gasteiger partial charge in [-0.05, 0) is 42.7 Å². The molecule has 0 bridgehead atoms. The van der Waals surface area contributed by atoms with Crippen molar-refractivity contribution in [3.63, 3.8) is 0 Å². The summed E-state index contributed by atoms with van der Waals surface area (Å²) in [5.74, 6) is -0.357. The summed E-state index contributed by atoms with van der Waals surface area (Å²) in [7, 11) is 0. The largest absolute Gasteiger partial charge is 0.416 e. The molecule has 2 aliphatic heterocycles. The molecule has 5 rings (SSSR count). The molecule has 0 N–H and O–H groups in total. The van der Waals surface area contributed by atoms with Crippen LogP contribution in [-0.4, -0.2) is 46.2 Å². The van der Waals surface area contributed by atoms with Crippen LogP contribution in [0, 0.1) is 5.92 Å². The third kappa shape index (κ3) is 4.66. The molecule has 2 aromatic carbocycles. The molecule has 2 amide bonds. The number of thiazole rings is 1. The van der Waals surface area contributed by atoms with Crippen LogP contribution >= 0.6 is 11.3 Å². The fourth-order valence-corrected chi connectivity index (χ4v) is 5.96. The molecule has 0 radical (unpaired) electrons. The Hall–Kier alpha value is -2.94. The molecule has 9 heteroatoms. The number of fused-ring (bicyclic) bond motifs is 1. The van der Waals surface area contributed by atoms with Gasteiger partial charge in [0.05, 0.1) is 26.7 Å². The molecule has 178 valence electrons. The number of amides is 2. The lowest BCUT2D eigenvalue weighted by Crippen LogP contribution is -2.42. The summed E-state index contributed by atoms with van der Waals surface area (Å²) in [5, 5.41) is 1.11. The summed E-state index contributed by atoms with van der Waals surface area (Å²) in [6.07, 6.45) is -2.66.